The molecule has 1 N–H and O–H groups in total. The van der Waals surface area contributed by atoms with E-state index in [0.29, 0.717) is 0 Å². The molecule has 2 unspecified atom stereocenters. The Labute approximate surface area is 111 Å². The smallest absolute Gasteiger partial charge is 0.0779 e. The van der Waals surface area contributed by atoms with Gasteiger partial charge in [0, 0.05) is 31.0 Å². The largest absolute Gasteiger partial charge is 0.376 e. The third kappa shape index (κ3) is 4.39. The molecular weight excluding hydrogens is 224 g/mol. The fourth-order valence-electron chi connectivity index (χ4n) is 2.25. The highest BCUT2D eigenvalue weighted by atomic mass is 16.5. The van der Waals surface area contributed by atoms with Crippen molar-refractivity contribution < 1.29 is 4.74 Å². The maximum atomic E-state index is 5.94. The predicted molar refractivity (Wildman–Crippen MR) is 75.7 cm³/mol. The number of ether oxygens (including phenoxy) is 1. The number of rotatable bonds is 6. The maximum Gasteiger partial charge on any atom is 0.0779 e. The number of nitrogens with zero attached hydrogens (tertiary/aromatic N) is 1. The molecule has 1 heterocycles. The van der Waals surface area contributed by atoms with Gasteiger partial charge in [-0.05, 0) is 31.5 Å². The molecule has 0 bridgehead atoms. The number of aromatic nitrogens is 1. The normalized spacial score (nSPS) is 15.4. The number of hydrogen-bond donors (Lipinski definition) is 1. The Bertz CT molecular complexity index is 332. The highest BCUT2D eigenvalue weighted by Crippen LogP contribution is 2.26. The number of hydrogen-bond acceptors (Lipinski definition) is 3. The number of likely N-dealkylation sites (N-methyl/N-ethyl adjacent to an activating group) is 1. The third-order valence-corrected chi connectivity index (χ3v) is 3.09. The van der Waals surface area contributed by atoms with Gasteiger partial charge in [-0.15, -0.1) is 0 Å². The van der Waals surface area contributed by atoms with Crippen LogP contribution in [0.5, 0.6) is 0 Å². The summed E-state index contributed by atoms with van der Waals surface area (Å²) in [5.41, 5.74) is 1.21. The van der Waals surface area contributed by atoms with Gasteiger partial charge in [0.2, 0.25) is 0 Å². The molecule has 0 spiro atoms. The average Bonchev–Trinajstić information content (AvgIpc) is 2.33. The summed E-state index contributed by atoms with van der Waals surface area (Å²) in [7, 11) is 1.99. The molecule has 18 heavy (non-hydrogen) atoms. The topological polar surface area (TPSA) is 34.1 Å². The quantitative estimate of drug-likeness (QED) is 0.843. The summed E-state index contributed by atoms with van der Waals surface area (Å²) in [6, 6.07) is 6.32. The van der Waals surface area contributed by atoms with Gasteiger partial charge in [-0.25, -0.2) is 0 Å². The highest BCUT2D eigenvalue weighted by Gasteiger charge is 2.32. The summed E-state index contributed by atoms with van der Waals surface area (Å²) >= 11 is 0. The second-order valence-electron chi connectivity index (χ2n) is 5.66. The van der Waals surface area contributed by atoms with E-state index in [4.69, 9.17) is 4.74 Å². The summed E-state index contributed by atoms with van der Waals surface area (Å²) in [6.45, 7) is 9.44. The van der Waals surface area contributed by atoms with Gasteiger partial charge in [-0.2, -0.15) is 0 Å². The van der Waals surface area contributed by atoms with Gasteiger partial charge in [0.1, 0.15) is 0 Å². The second-order valence-corrected chi connectivity index (χ2v) is 5.66. The minimum absolute atomic E-state index is 0.110. The van der Waals surface area contributed by atoms with E-state index in [-0.39, 0.29) is 17.6 Å². The van der Waals surface area contributed by atoms with E-state index in [1.54, 1.807) is 0 Å². The van der Waals surface area contributed by atoms with Crippen LogP contribution in [0.1, 0.15) is 33.4 Å². The van der Waals surface area contributed by atoms with Crippen LogP contribution in [0.4, 0.5) is 0 Å². The van der Waals surface area contributed by atoms with Crippen molar-refractivity contribution in [3.8, 4) is 0 Å². The van der Waals surface area contributed by atoms with Crippen LogP contribution >= 0.6 is 0 Å². The van der Waals surface area contributed by atoms with Gasteiger partial charge in [0.25, 0.3) is 0 Å². The van der Waals surface area contributed by atoms with Crippen molar-refractivity contribution in [2.24, 2.45) is 5.41 Å². The molecule has 3 nitrogen and oxygen atoms in total. The molecule has 0 aliphatic carbocycles. The fraction of sp³-hybridized carbons (Fsp3) is 0.667. The molecule has 2 atom stereocenters. The standard InChI is InChI=1S/C15H26N2O/c1-6-18-14(15(2,3)4)13(16-5)11-12-9-7-8-10-17-12/h7-10,13-14,16H,6,11H2,1-5H3. The van der Waals surface area contributed by atoms with E-state index in [1.165, 1.54) is 0 Å². The van der Waals surface area contributed by atoms with Crippen LogP contribution in [0.15, 0.2) is 24.4 Å². The summed E-state index contributed by atoms with van der Waals surface area (Å²) in [5, 5.41) is 3.38. The molecule has 102 valence electrons. The Morgan fingerprint density at radius 1 is 1.33 bits per heavy atom. The lowest BCUT2D eigenvalue weighted by molar-refractivity contribution is -0.0342. The molecule has 3 heteroatoms. The first kappa shape index (κ1) is 15.1. The predicted octanol–water partition coefficient (Wildman–Crippen LogP) is 2.66. The van der Waals surface area contributed by atoms with Gasteiger partial charge in [-0.1, -0.05) is 26.8 Å². The molecule has 0 saturated heterocycles. The van der Waals surface area contributed by atoms with Gasteiger partial charge in [0.15, 0.2) is 0 Å². The first-order valence-corrected chi connectivity index (χ1v) is 6.67. The summed E-state index contributed by atoms with van der Waals surface area (Å²) in [5.74, 6) is 0. The molecule has 1 rings (SSSR count). The summed E-state index contributed by atoms with van der Waals surface area (Å²) in [4.78, 5) is 4.40. The lowest BCUT2D eigenvalue weighted by atomic mass is 9.83. The Morgan fingerprint density at radius 2 is 2.06 bits per heavy atom. The average molecular weight is 250 g/mol. The molecular formula is C15H26N2O. The molecule has 0 saturated carbocycles. The second kappa shape index (κ2) is 6.86. The van der Waals surface area contributed by atoms with E-state index in [9.17, 15) is 0 Å². The van der Waals surface area contributed by atoms with E-state index in [1.807, 2.05) is 32.3 Å². The molecule has 1 aromatic rings. The van der Waals surface area contributed by atoms with Crippen molar-refractivity contribution in [3.05, 3.63) is 30.1 Å². The maximum absolute atomic E-state index is 5.94. The molecule has 0 amide bonds. The van der Waals surface area contributed by atoms with Gasteiger partial charge < -0.3 is 10.1 Å². The van der Waals surface area contributed by atoms with Gasteiger partial charge >= 0.3 is 0 Å². The van der Waals surface area contributed by atoms with Crippen LogP contribution in [-0.2, 0) is 11.2 Å². The van der Waals surface area contributed by atoms with Crippen LogP contribution < -0.4 is 5.32 Å². The van der Waals surface area contributed by atoms with E-state index < -0.39 is 0 Å². The van der Waals surface area contributed by atoms with E-state index in [0.717, 1.165) is 18.7 Å². The molecule has 0 aliphatic rings. The molecule has 1 aromatic heterocycles. The number of pyridine rings is 1. The Kier molecular flexibility index (Phi) is 5.76. The molecule has 0 fully saturated rings. The summed E-state index contributed by atoms with van der Waals surface area (Å²) < 4.78 is 5.94. The van der Waals surface area contributed by atoms with Crippen LogP contribution in [0, 0.1) is 5.41 Å². The van der Waals surface area contributed by atoms with Crippen molar-refractivity contribution in [2.75, 3.05) is 13.7 Å². The molecule has 0 aromatic carbocycles. The van der Waals surface area contributed by atoms with Crippen molar-refractivity contribution in [1.29, 1.82) is 0 Å². The van der Waals surface area contributed by atoms with Crippen LogP contribution in [0.25, 0.3) is 0 Å². The van der Waals surface area contributed by atoms with E-state index >= 15 is 0 Å². The lowest BCUT2D eigenvalue weighted by Gasteiger charge is -2.36. The van der Waals surface area contributed by atoms with Crippen LogP contribution in [0.2, 0.25) is 0 Å². The lowest BCUT2D eigenvalue weighted by Crippen LogP contribution is -2.48. The SMILES string of the molecule is CCOC(C(Cc1ccccn1)NC)C(C)(C)C. The van der Waals surface area contributed by atoms with Crippen molar-refractivity contribution >= 4 is 0 Å². The monoisotopic (exact) mass is 250 g/mol. The van der Waals surface area contributed by atoms with Crippen LogP contribution in [0.3, 0.4) is 0 Å². The van der Waals surface area contributed by atoms with Crippen molar-refractivity contribution in [2.45, 2.75) is 46.3 Å². The Balaban J connectivity index is 2.79. The third-order valence-electron chi connectivity index (χ3n) is 3.09. The molecule has 0 aliphatic heterocycles. The zero-order chi connectivity index (χ0) is 13.6. The zero-order valence-corrected chi connectivity index (χ0v) is 12.2. The Hall–Kier alpha value is -0.930. The zero-order valence-electron chi connectivity index (χ0n) is 12.2. The van der Waals surface area contributed by atoms with Gasteiger partial charge in [0.05, 0.1) is 6.10 Å². The van der Waals surface area contributed by atoms with Crippen LogP contribution in [-0.4, -0.2) is 30.8 Å². The van der Waals surface area contributed by atoms with Gasteiger partial charge in [-0.3, -0.25) is 4.98 Å². The van der Waals surface area contributed by atoms with Crippen molar-refractivity contribution in [3.63, 3.8) is 0 Å². The molecule has 0 radical (unpaired) electrons. The minimum atomic E-state index is 0.110. The first-order chi connectivity index (χ1) is 8.49. The minimum Gasteiger partial charge on any atom is -0.376 e. The first-order valence-electron chi connectivity index (χ1n) is 6.67. The highest BCUT2D eigenvalue weighted by molar-refractivity contribution is 5.06. The van der Waals surface area contributed by atoms with E-state index in [2.05, 4.69) is 37.1 Å². The van der Waals surface area contributed by atoms with Crippen molar-refractivity contribution in [1.82, 2.24) is 10.3 Å². The number of nitrogens with one attached hydrogen (secondary N) is 1. The Morgan fingerprint density at radius 3 is 2.50 bits per heavy atom. The fourth-order valence-corrected chi connectivity index (χ4v) is 2.25. The summed E-state index contributed by atoms with van der Waals surface area (Å²) in [6.07, 6.45) is 2.91.